The maximum Gasteiger partial charge on any atom is 0.362 e. The van der Waals surface area contributed by atoms with Crippen molar-refractivity contribution in [1.29, 1.82) is 0 Å². The van der Waals surface area contributed by atoms with Crippen LogP contribution in [-0.2, 0) is 4.74 Å². The van der Waals surface area contributed by atoms with Gasteiger partial charge in [0, 0.05) is 16.1 Å². The largest absolute Gasteiger partial charge is 0.464 e. The molecular weight excluding hydrogens is 300 g/mol. The first-order chi connectivity index (χ1) is 8.61. The molecule has 2 rings (SSSR count). The summed E-state index contributed by atoms with van der Waals surface area (Å²) < 4.78 is 5.34. The molecule has 0 atom stereocenters. The van der Waals surface area contributed by atoms with Crippen molar-refractivity contribution in [3.8, 4) is 11.3 Å². The van der Waals surface area contributed by atoms with E-state index in [1.54, 1.807) is 0 Å². The molecule has 0 fully saturated rings. The maximum absolute atomic E-state index is 11.7. The molecule has 0 radical (unpaired) electrons. The van der Waals surface area contributed by atoms with E-state index in [1.807, 2.05) is 24.3 Å². The topological polar surface area (TPSA) is 72.0 Å². The van der Waals surface area contributed by atoms with Gasteiger partial charge in [0.05, 0.1) is 12.8 Å². The standard InChI is InChI=1S/C12H9BrN2O3/c1-18-12(17)11-10(16)6-9(14-15-11)7-3-2-4-8(13)5-7/h2-6H,1H3,(H,14,16). The Bertz CT molecular complexity index is 652. The van der Waals surface area contributed by atoms with Crippen molar-refractivity contribution < 1.29 is 9.53 Å². The zero-order valence-corrected chi connectivity index (χ0v) is 11.0. The maximum atomic E-state index is 11.7. The first-order valence-electron chi connectivity index (χ1n) is 5.06. The molecule has 0 unspecified atom stereocenters. The summed E-state index contributed by atoms with van der Waals surface area (Å²) in [6.45, 7) is 0. The minimum atomic E-state index is -0.753. The predicted molar refractivity (Wildman–Crippen MR) is 69.3 cm³/mol. The summed E-state index contributed by atoms with van der Waals surface area (Å²) in [5, 5.41) is 6.39. The fraction of sp³-hybridized carbons (Fsp3) is 0.0833. The number of hydrogen-bond acceptors (Lipinski definition) is 4. The van der Waals surface area contributed by atoms with Gasteiger partial charge in [0.15, 0.2) is 0 Å². The number of esters is 1. The highest BCUT2D eigenvalue weighted by Crippen LogP contribution is 2.19. The summed E-state index contributed by atoms with van der Waals surface area (Å²) in [5.74, 6) is -0.753. The smallest absolute Gasteiger partial charge is 0.362 e. The van der Waals surface area contributed by atoms with Crippen LogP contribution in [0.4, 0.5) is 0 Å². The second-order valence-corrected chi connectivity index (χ2v) is 4.41. The van der Waals surface area contributed by atoms with Crippen LogP contribution in [0.3, 0.4) is 0 Å². The number of methoxy groups -OCH3 is 1. The Balaban J connectivity index is 2.47. The molecule has 0 saturated heterocycles. The normalized spacial score (nSPS) is 10.1. The molecule has 0 amide bonds. The lowest BCUT2D eigenvalue weighted by atomic mass is 10.1. The molecule has 1 heterocycles. The van der Waals surface area contributed by atoms with Gasteiger partial charge in [0.25, 0.3) is 0 Å². The lowest BCUT2D eigenvalue weighted by Gasteiger charge is -2.03. The van der Waals surface area contributed by atoms with Crippen molar-refractivity contribution in [3.05, 3.63) is 50.7 Å². The SMILES string of the molecule is COC(=O)c1n[nH]c(-c2cccc(Br)c2)cc1=O. The second kappa shape index (κ2) is 5.14. The Morgan fingerprint density at radius 2 is 2.17 bits per heavy atom. The second-order valence-electron chi connectivity index (χ2n) is 3.50. The van der Waals surface area contributed by atoms with E-state index in [9.17, 15) is 9.59 Å². The van der Waals surface area contributed by atoms with Gasteiger partial charge in [-0.1, -0.05) is 28.1 Å². The van der Waals surface area contributed by atoms with E-state index in [2.05, 4.69) is 30.9 Å². The number of aromatic amines is 1. The minimum Gasteiger partial charge on any atom is -0.464 e. The Morgan fingerprint density at radius 1 is 1.39 bits per heavy atom. The molecule has 0 aliphatic rings. The van der Waals surface area contributed by atoms with Gasteiger partial charge >= 0.3 is 5.97 Å². The molecule has 6 heteroatoms. The predicted octanol–water partition coefficient (Wildman–Crippen LogP) is 1.99. The van der Waals surface area contributed by atoms with Crippen molar-refractivity contribution in [3.63, 3.8) is 0 Å². The summed E-state index contributed by atoms with van der Waals surface area (Å²) in [7, 11) is 1.20. The van der Waals surface area contributed by atoms with Crippen molar-refractivity contribution >= 4 is 21.9 Å². The molecule has 0 spiro atoms. The van der Waals surface area contributed by atoms with Gasteiger partial charge in [0.2, 0.25) is 11.1 Å². The number of carbonyl (C=O) groups is 1. The van der Waals surface area contributed by atoms with E-state index >= 15 is 0 Å². The third kappa shape index (κ3) is 2.48. The number of H-pyrrole nitrogens is 1. The molecule has 0 saturated carbocycles. The van der Waals surface area contributed by atoms with Crippen molar-refractivity contribution in [2.24, 2.45) is 0 Å². The van der Waals surface area contributed by atoms with Crippen LogP contribution in [0.5, 0.6) is 0 Å². The van der Waals surface area contributed by atoms with E-state index in [-0.39, 0.29) is 5.69 Å². The van der Waals surface area contributed by atoms with E-state index in [1.165, 1.54) is 13.2 Å². The Hall–Kier alpha value is -1.95. The molecule has 5 nitrogen and oxygen atoms in total. The van der Waals surface area contributed by atoms with Crippen LogP contribution in [0.1, 0.15) is 10.5 Å². The van der Waals surface area contributed by atoms with Crippen LogP contribution in [-0.4, -0.2) is 23.3 Å². The number of nitrogens with one attached hydrogen (secondary N) is 1. The van der Waals surface area contributed by atoms with E-state index in [0.717, 1.165) is 10.0 Å². The van der Waals surface area contributed by atoms with Gasteiger partial charge in [-0.25, -0.2) is 4.79 Å². The molecule has 92 valence electrons. The number of benzene rings is 1. The number of rotatable bonds is 2. The van der Waals surface area contributed by atoms with Crippen LogP contribution in [0.2, 0.25) is 0 Å². The summed E-state index contributed by atoms with van der Waals surface area (Å²) >= 11 is 3.34. The molecule has 0 aliphatic carbocycles. The highest BCUT2D eigenvalue weighted by molar-refractivity contribution is 9.10. The third-order valence-electron chi connectivity index (χ3n) is 2.31. The highest BCUT2D eigenvalue weighted by atomic mass is 79.9. The van der Waals surface area contributed by atoms with Gasteiger partial charge in [-0.2, -0.15) is 5.10 Å². The number of hydrogen-bond donors (Lipinski definition) is 1. The molecule has 0 aliphatic heterocycles. The van der Waals surface area contributed by atoms with E-state index in [4.69, 9.17) is 0 Å². The van der Waals surface area contributed by atoms with Crippen LogP contribution < -0.4 is 5.43 Å². The zero-order valence-electron chi connectivity index (χ0n) is 9.44. The van der Waals surface area contributed by atoms with Crippen LogP contribution in [0, 0.1) is 0 Å². The first kappa shape index (κ1) is 12.5. The Kier molecular flexibility index (Phi) is 3.57. The zero-order chi connectivity index (χ0) is 13.1. The number of carbonyl (C=O) groups excluding carboxylic acids is 1. The Labute approximate surface area is 111 Å². The molecule has 2 aromatic rings. The van der Waals surface area contributed by atoms with Crippen LogP contribution in [0.25, 0.3) is 11.3 Å². The molecule has 1 aromatic carbocycles. The average Bonchev–Trinajstić information content (AvgIpc) is 2.37. The Morgan fingerprint density at radius 3 is 2.78 bits per heavy atom. The molecule has 18 heavy (non-hydrogen) atoms. The summed E-state index contributed by atoms with van der Waals surface area (Å²) in [6.07, 6.45) is 0. The number of halogens is 1. The summed E-state index contributed by atoms with van der Waals surface area (Å²) in [5.41, 5.74) is 0.603. The fourth-order valence-corrected chi connectivity index (χ4v) is 1.85. The third-order valence-corrected chi connectivity index (χ3v) is 2.80. The van der Waals surface area contributed by atoms with E-state index in [0.29, 0.717) is 5.69 Å². The highest BCUT2D eigenvalue weighted by Gasteiger charge is 2.13. The van der Waals surface area contributed by atoms with Crippen LogP contribution in [0.15, 0.2) is 39.6 Å². The quantitative estimate of drug-likeness (QED) is 0.861. The van der Waals surface area contributed by atoms with Gasteiger partial charge in [0.1, 0.15) is 0 Å². The fourth-order valence-electron chi connectivity index (χ4n) is 1.45. The molecule has 1 aromatic heterocycles. The molecular formula is C12H9BrN2O3. The summed E-state index contributed by atoms with van der Waals surface area (Å²) in [6, 6.07) is 8.70. The van der Waals surface area contributed by atoms with Crippen molar-refractivity contribution in [2.75, 3.05) is 7.11 Å². The minimum absolute atomic E-state index is 0.253. The lowest BCUT2D eigenvalue weighted by molar-refractivity contribution is 0.0591. The molecule has 0 bridgehead atoms. The van der Waals surface area contributed by atoms with Crippen LogP contribution >= 0.6 is 15.9 Å². The number of nitrogens with zero attached hydrogens (tertiary/aromatic N) is 1. The average molecular weight is 309 g/mol. The summed E-state index contributed by atoms with van der Waals surface area (Å²) in [4.78, 5) is 22.9. The number of ether oxygens (including phenoxy) is 1. The van der Waals surface area contributed by atoms with Gasteiger partial charge in [-0.15, -0.1) is 0 Å². The molecule has 1 N–H and O–H groups in total. The van der Waals surface area contributed by atoms with Gasteiger partial charge in [-0.3, -0.25) is 9.89 Å². The lowest BCUT2D eigenvalue weighted by Crippen LogP contribution is -2.19. The number of aromatic nitrogens is 2. The van der Waals surface area contributed by atoms with E-state index < -0.39 is 11.4 Å². The van der Waals surface area contributed by atoms with Crippen molar-refractivity contribution in [1.82, 2.24) is 10.2 Å². The monoisotopic (exact) mass is 308 g/mol. The van der Waals surface area contributed by atoms with Gasteiger partial charge < -0.3 is 4.74 Å². The first-order valence-corrected chi connectivity index (χ1v) is 5.85. The van der Waals surface area contributed by atoms with Crippen molar-refractivity contribution in [2.45, 2.75) is 0 Å². The van der Waals surface area contributed by atoms with Gasteiger partial charge in [-0.05, 0) is 12.1 Å².